The van der Waals surface area contributed by atoms with Gasteiger partial charge in [-0.2, -0.15) is 0 Å². The summed E-state index contributed by atoms with van der Waals surface area (Å²) >= 11 is 0. The molecule has 0 bridgehead atoms. The van der Waals surface area contributed by atoms with Crippen molar-refractivity contribution in [3.05, 3.63) is 0 Å². The first-order valence-electron chi connectivity index (χ1n) is 5.82. The highest BCUT2D eigenvalue weighted by Gasteiger charge is 2.27. The highest BCUT2D eigenvalue weighted by atomic mass is 16.7. The van der Waals surface area contributed by atoms with Crippen molar-refractivity contribution in [1.29, 1.82) is 0 Å². The van der Waals surface area contributed by atoms with Crippen LogP contribution in [0.2, 0.25) is 0 Å². The van der Waals surface area contributed by atoms with Gasteiger partial charge in [-0.15, -0.1) is 0 Å². The van der Waals surface area contributed by atoms with Crippen molar-refractivity contribution in [3.63, 3.8) is 0 Å². The van der Waals surface area contributed by atoms with Crippen molar-refractivity contribution in [2.24, 2.45) is 5.73 Å². The predicted molar refractivity (Wildman–Crippen MR) is 62.3 cm³/mol. The Bertz CT molecular complexity index is 188. The fraction of sp³-hybridized carbons (Fsp3) is 1.00. The molecule has 0 aromatic heterocycles. The molecule has 96 valence electrons. The summed E-state index contributed by atoms with van der Waals surface area (Å²) in [6.45, 7) is 5.28. The van der Waals surface area contributed by atoms with Crippen LogP contribution in [-0.2, 0) is 14.2 Å². The molecular formula is C11H24N2O3. The Balaban J connectivity index is 2.51. The minimum Gasteiger partial charge on any atom is -0.379 e. The molecule has 2 unspecified atom stereocenters. The predicted octanol–water partition coefficient (Wildman–Crippen LogP) is 0.0434. The zero-order valence-corrected chi connectivity index (χ0v) is 10.5. The Morgan fingerprint density at radius 1 is 1.44 bits per heavy atom. The van der Waals surface area contributed by atoms with Crippen LogP contribution in [-0.4, -0.2) is 63.8 Å². The van der Waals surface area contributed by atoms with Crippen LogP contribution in [0.15, 0.2) is 0 Å². The largest absolute Gasteiger partial charge is 0.379 e. The minimum absolute atomic E-state index is 0.177. The zero-order valence-electron chi connectivity index (χ0n) is 10.5. The molecule has 16 heavy (non-hydrogen) atoms. The molecule has 0 aliphatic carbocycles. The first-order chi connectivity index (χ1) is 7.72. The Morgan fingerprint density at radius 2 is 2.12 bits per heavy atom. The number of ether oxygens (including phenoxy) is 3. The molecular weight excluding hydrogens is 208 g/mol. The Kier molecular flexibility index (Phi) is 6.23. The molecule has 1 saturated heterocycles. The van der Waals surface area contributed by atoms with Crippen LogP contribution in [0, 0.1) is 0 Å². The smallest absolute Gasteiger partial charge is 0.158 e. The van der Waals surface area contributed by atoms with E-state index >= 15 is 0 Å². The van der Waals surface area contributed by atoms with Gasteiger partial charge in [0.1, 0.15) is 0 Å². The van der Waals surface area contributed by atoms with Crippen LogP contribution in [0.25, 0.3) is 0 Å². The van der Waals surface area contributed by atoms with Gasteiger partial charge in [-0.3, -0.25) is 4.90 Å². The number of methoxy groups -OCH3 is 2. The third kappa shape index (κ3) is 3.68. The van der Waals surface area contributed by atoms with Gasteiger partial charge >= 0.3 is 0 Å². The number of rotatable bonds is 6. The Hall–Kier alpha value is -0.200. The van der Waals surface area contributed by atoms with E-state index in [4.69, 9.17) is 19.9 Å². The normalized spacial score (nSPS) is 24.9. The molecule has 1 aliphatic heterocycles. The van der Waals surface area contributed by atoms with E-state index in [-0.39, 0.29) is 6.29 Å². The molecule has 0 aromatic rings. The van der Waals surface area contributed by atoms with Crippen LogP contribution in [0.5, 0.6) is 0 Å². The summed E-state index contributed by atoms with van der Waals surface area (Å²) in [5.41, 5.74) is 5.83. The molecule has 2 atom stereocenters. The van der Waals surface area contributed by atoms with E-state index in [2.05, 4.69) is 11.8 Å². The minimum atomic E-state index is -0.177. The first-order valence-corrected chi connectivity index (χ1v) is 5.82. The maximum atomic E-state index is 5.83. The van der Waals surface area contributed by atoms with Crippen molar-refractivity contribution in [2.75, 3.05) is 40.5 Å². The van der Waals surface area contributed by atoms with Crippen molar-refractivity contribution < 1.29 is 14.2 Å². The van der Waals surface area contributed by atoms with E-state index in [1.54, 1.807) is 14.2 Å². The van der Waals surface area contributed by atoms with Gasteiger partial charge in [0.15, 0.2) is 6.29 Å². The van der Waals surface area contributed by atoms with E-state index in [0.717, 1.165) is 26.2 Å². The molecule has 5 heteroatoms. The number of morpholine rings is 1. The average Bonchev–Trinajstić information content (AvgIpc) is 2.32. The highest BCUT2D eigenvalue weighted by Crippen LogP contribution is 2.15. The highest BCUT2D eigenvalue weighted by molar-refractivity contribution is 4.80. The monoisotopic (exact) mass is 232 g/mol. The van der Waals surface area contributed by atoms with Crippen LogP contribution >= 0.6 is 0 Å². The quantitative estimate of drug-likeness (QED) is 0.655. The fourth-order valence-electron chi connectivity index (χ4n) is 2.16. The Morgan fingerprint density at radius 3 is 2.62 bits per heavy atom. The van der Waals surface area contributed by atoms with E-state index in [1.807, 2.05) is 0 Å². The molecule has 0 aromatic carbocycles. The number of hydrogen-bond acceptors (Lipinski definition) is 5. The SMILES string of the molecule is COC(CC(CN)N1CCOCC1C)OC. The fourth-order valence-corrected chi connectivity index (χ4v) is 2.16. The summed E-state index contributed by atoms with van der Waals surface area (Å²) in [4.78, 5) is 2.38. The van der Waals surface area contributed by atoms with E-state index in [9.17, 15) is 0 Å². The van der Waals surface area contributed by atoms with Crippen molar-refractivity contribution in [2.45, 2.75) is 31.7 Å². The molecule has 1 fully saturated rings. The second-order valence-corrected chi connectivity index (χ2v) is 4.19. The zero-order chi connectivity index (χ0) is 12.0. The molecule has 0 spiro atoms. The molecule has 1 rings (SSSR count). The summed E-state index contributed by atoms with van der Waals surface area (Å²) in [7, 11) is 3.31. The van der Waals surface area contributed by atoms with Crippen LogP contribution in [0.1, 0.15) is 13.3 Å². The van der Waals surface area contributed by atoms with Gasteiger partial charge in [0.25, 0.3) is 0 Å². The molecule has 2 N–H and O–H groups in total. The standard InChI is InChI=1S/C11H24N2O3/c1-9-8-16-5-4-13(9)10(7-12)6-11(14-2)15-3/h9-11H,4-8,12H2,1-3H3. The number of nitrogens with zero attached hydrogens (tertiary/aromatic N) is 1. The van der Waals surface area contributed by atoms with Gasteiger partial charge in [0, 0.05) is 45.8 Å². The lowest BCUT2D eigenvalue weighted by Crippen LogP contribution is -2.53. The van der Waals surface area contributed by atoms with Gasteiger partial charge in [0.05, 0.1) is 13.2 Å². The lowest BCUT2D eigenvalue weighted by Gasteiger charge is -2.39. The molecule has 5 nitrogen and oxygen atoms in total. The summed E-state index contributed by atoms with van der Waals surface area (Å²) in [6, 6.07) is 0.709. The molecule has 0 saturated carbocycles. The maximum absolute atomic E-state index is 5.83. The van der Waals surface area contributed by atoms with Gasteiger partial charge in [0.2, 0.25) is 0 Å². The molecule has 0 amide bonds. The second-order valence-electron chi connectivity index (χ2n) is 4.19. The van der Waals surface area contributed by atoms with E-state index in [1.165, 1.54) is 0 Å². The van der Waals surface area contributed by atoms with Gasteiger partial charge < -0.3 is 19.9 Å². The third-order valence-corrected chi connectivity index (χ3v) is 3.15. The first kappa shape index (κ1) is 13.9. The lowest BCUT2D eigenvalue weighted by molar-refractivity contribution is -0.124. The molecule has 0 radical (unpaired) electrons. The van der Waals surface area contributed by atoms with Gasteiger partial charge in [-0.05, 0) is 6.92 Å². The van der Waals surface area contributed by atoms with E-state index < -0.39 is 0 Å². The topological polar surface area (TPSA) is 57.0 Å². The summed E-state index contributed by atoms with van der Waals surface area (Å²) < 4.78 is 15.9. The lowest BCUT2D eigenvalue weighted by atomic mass is 10.1. The van der Waals surface area contributed by atoms with Crippen molar-refractivity contribution >= 4 is 0 Å². The summed E-state index contributed by atoms with van der Waals surface area (Å²) in [5, 5.41) is 0. The van der Waals surface area contributed by atoms with Crippen LogP contribution in [0.3, 0.4) is 0 Å². The number of nitrogens with two attached hydrogens (primary N) is 1. The molecule has 1 aliphatic rings. The van der Waals surface area contributed by atoms with Gasteiger partial charge in [-0.25, -0.2) is 0 Å². The average molecular weight is 232 g/mol. The third-order valence-electron chi connectivity index (χ3n) is 3.15. The van der Waals surface area contributed by atoms with Crippen molar-refractivity contribution in [3.8, 4) is 0 Å². The van der Waals surface area contributed by atoms with E-state index in [0.29, 0.717) is 18.6 Å². The second kappa shape index (κ2) is 7.19. The number of hydrogen-bond donors (Lipinski definition) is 1. The van der Waals surface area contributed by atoms with Gasteiger partial charge in [-0.1, -0.05) is 0 Å². The molecule has 1 heterocycles. The van der Waals surface area contributed by atoms with Crippen LogP contribution in [0.4, 0.5) is 0 Å². The maximum Gasteiger partial charge on any atom is 0.158 e. The summed E-state index contributed by atoms with van der Waals surface area (Å²) in [5.74, 6) is 0. The summed E-state index contributed by atoms with van der Waals surface area (Å²) in [6.07, 6.45) is 0.622. The van der Waals surface area contributed by atoms with Crippen molar-refractivity contribution in [1.82, 2.24) is 4.90 Å². The van der Waals surface area contributed by atoms with Crippen LogP contribution < -0.4 is 5.73 Å². The Labute approximate surface area is 97.8 Å².